The maximum absolute atomic E-state index is 6.04. The van der Waals surface area contributed by atoms with Crippen LogP contribution in [0.1, 0.15) is 24.5 Å². The number of likely N-dealkylation sites (N-methyl/N-ethyl adjacent to an activating group) is 1. The minimum Gasteiger partial charge on any atom is -0.490 e. The van der Waals surface area contributed by atoms with Gasteiger partial charge >= 0.3 is 0 Å². The zero-order valence-corrected chi connectivity index (χ0v) is 18.6. The van der Waals surface area contributed by atoms with Gasteiger partial charge in [0.1, 0.15) is 6.61 Å². The number of nitrogens with zero attached hydrogens (tertiary/aromatic N) is 2. The van der Waals surface area contributed by atoms with Gasteiger partial charge in [-0.15, -0.1) is 0 Å². The van der Waals surface area contributed by atoms with E-state index in [2.05, 4.69) is 57.0 Å². The molecule has 152 valence electrons. The molecule has 0 atom stereocenters. The Bertz CT molecular complexity index is 745. The van der Waals surface area contributed by atoms with Gasteiger partial charge in [0.05, 0.1) is 6.61 Å². The van der Waals surface area contributed by atoms with Crippen molar-refractivity contribution in [3.05, 3.63) is 58.1 Å². The van der Waals surface area contributed by atoms with Crippen molar-refractivity contribution in [2.45, 2.75) is 26.4 Å². The van der Waals surface area contributed by atoms with E-state index < -0.39 is 0 Å². The van der Waals surface area contributed by atoms with Gasteiger partial charge in [-0.1, -0.05) is 34.1 Å². The molecule has 4 nitrogen and oxygen atoms in total. The molecule has 0 bridgehead atoms. The first-order valence-electron chi connectivity index (χ1n) is 10.2. The number of piperazine rings is 1. The molecule has 28 heavy (non-hydrogen) atoms. The average molecular weight is 447 g/mol. The van der Waals surface area contributed by atoms with Crippen LogP contribution >= 0.6 is 15.9 Å². The van der Waals surface area contributed by atoms with E-state index >= 15 is 0 Å². The van der Waals surface area contributed by atoms with Crippen LogP contribution in [-0.2, 0) is 13.0 Å². The van der Waals surface area contributed by atoms with E-state index in [0.29, 0.717) is 13.2 Å². The van der Waals surface area contributed by atoms with Gasteiger partial charge in [-0.05, 0) is 68.8 Å². The molecule has 0 aromatic heterocycles. The number of aryl methyl sites for hydroxylation is 1. The lowest BCUT2D eigenvalue weighted by atomic mass is 10.1. The highest BCUT2D eigenvalue weighted by Gasteiger charge is 2.13. The lowest BCUT2D eigenvalue weighted by Gasteiger charge is -2.32. The second-order valence-corrected chi connectivity index (χ2v) is 8.30. The highest BCUT2D eigenvalue weighted by atomic mass is 79.9. The molecule has 0 N–H and O–H groups in total. The molecule has 1 aliphatic heterocycles. The molecular formula is C23H31BrN2O2. The van der Waals surface area contributed by atoms with Crippen molar-refractivity contribution in [2.24, 2.45) is 0 Å². The van der Waals surface area contributed by atoms with Crippen molar-refractivity contribution in [3.8, 4) is 11.5 Å². The fourth-order valence-corrected chi connectivity index (χ4v) is 3.91. The van der Waals surface area contributed by atoms with Gasteiger partial charge in [-0.3, -0.25) is 0 Å². The maximum atomic E-state index is 6.04. The standard InChI is InChI=1S/C23H31BrN2O2/c1-3-27-23-17-19(7-5-11-26-14-12-25(2)13-15-26)9-10-22(23)28-18-20-6-4-8-21(24)16-20/h4,6,8-10,16-17H,3,5,7,11-15,18H2,1-2H3. The molecule has 0 aliphatic carbocycles. The van der Waals surface area contributed by atoms with Crippen LogP contribution in [0.25, 0.3) is 0 Å². The molecule has 3 rings (SSSR count). The molecule has 2 aromatic carbocycles. The van der Waals surface area contributed by atoms with Gasteiger partial charge in [-0.25, -0.2) is 0 Å². The molecule has 0 spiro atoms. The Kier molecular flexibility index (Phi) is 8.19. The predicted molar refractivity (Wildman–Crippen MR) is 118 cm³/mol. The zero-order chi connectivity index (χ0) is 19.8. The summed E-state index contributed by atoms with van der Waals surface area (Å²) in [5.41, 5.74) is 2.44. The first-order chi connectivity index (χ1) is 13.6. The molecule has 2 aromatic rings. The largest absolute Gasteiger partial charge is 0.490 e. The first-order valence-corrected chi connectivity index (χ1v) is 11.0. The lowest BCUT2D eigenvalue weighted by Crippen LogP contribution is -2.44. The summed E-state index contributed by atoms with van der Waals surface area (Å²) in [5, 5.41) is 0. The van der Waals surface area contributed by atoms with Crippen LogP contribution in [0.15, 0.2) is 46.9 Å². The summed E-state index contributed by atoms with van der Waals surface area (Å²) in [4.78, 5) is 4.97. The Morgan fingerprint density at radius 2 is 1.75 bits per heavy atom. The first kappa shape index (κ1) is 21.2. The topological polar surface area (TPSA) is 24.9 Å². The maximum Gasteiger partial charge on any atom is 0.161 e. The van der Waals surface area contributed by atoms with Crippen molar-refractivity contribution in [2.75, 3.05) is 46.4 Å². The Morgan fingerprint density at radius 3 is 2.50 bits per heavy atom. The fraction of sp³-hybridized carbons (Fsp3) is 0.478. The molecule has 1 heterocycles. The third-order valence-electron chi connectivity index (χ3n) is 5.13. The van der Waals surface area contributed by atoms with Crippen molar-refractivity contribution >= 4 is 15.9 Å². The van der Waals surface area contributed by atoms with Crippen molar-refractivity contribution in [3.63, 3.8) is 0 Å². The Hall–Kier alpha value is -1.56. The highest BCUT2D eigenvalue weighted by molar-refractivity contribution is 9.10. The molecule has 0 amide bonds. The molecule has 1 fully saturated rings. The minimum absolute atomic E-state index is 0.530. The van der Waals surface area contributed by atoms with Crippen LogP contribution in [0.5, 0.6) is 11.5 Å². The molecule has 0 unspecified atom stereocenters. The summed E-state index contributed by atoms with van der Waals surface area (Å²) in [5.74, 6) is 1.65. The Morgan fingerprint density at radius 1 is 0.929 bits per heavy atom. The van der Waals surface area contributed by atoms with Crippen molar-refractivity contribution in [1.29, 1.82) is 0 Å². The summed E-state index contributed by atoms with van der Waals surface area (Å²) in [6.45, 7) is 9.07. The molecule has 1 saturated heterocycles. The number of hydrogen-bond acceptors (Lipinski definition) is 4. The van der Waals surface area contributed by atoms with Gasteiger partial charge in [0, 0.05) is 30.7 Å². The SMILES string of the molecule is CCOc1cc(CCCN2CCN(C)CC2)ccc1OCc1cccc(Br)c1. The lowest BCUT2D eigenvalue weighted by molar-refractivity contribution is 0.153. The van der Waals surface area contributed by atoms with Crippen LogP contribution in [0.4, 0.5) is 0 Å². The summed E-state index contributed by atoms with van der Waals surface area (Å²) >= 11 is 3.51. The second kappa shape index (κ2) is 10.8. The van der Waals surface area contributed by atoms with Gasteiger partial charge in [0.2, 0.25) is 0 Å². The third kappa shape index (κ3) is 6.50. The third-order valence-corrected chi connectivity index (χ3v) is 5.62. The molecule has 0 radical (unpaired) electrons. The fourth-order valence-electron chi connectivity index (χ4n) is 3.46. The number of halogens is 1. The molecular weight excluding hydrogens is 416 g/mol. The van der Waals surface area contributed by atoms with Crippen molar-refractivity contribution < 1.29 is 9.47 Å². The van der Waals surface area contributed by atoms with Crippen LogP contribution < -0.4 is 9.47 Å². The summed E-state index contributed by atoms with van der Waals surface area (Å²) in [6, 6.07) is 14.5. The highest BCUT2D eigenvalue weighted by Crippen LogP contribution is 2.30. The van der Waals surface area contributed by atoms with E-state index in [1.807, 2.05) is 25.1 Å². The summed E-state index contributed by atoms with van der Waals surface area (Å²) in [6.07, 6.45) is 2.24. The Labute approximate surface area is 177 Å². The van der Waals surface area contributed by atoms with Gasteiger partial charge in [0.25, 0.3) is 0 Å². The van der Waals surface area contributed by atoms with E-state index in [9.17, 15) is 0 Å². The van der Waals surface area contributed by atoms with E-state index in [4.69, 9.17) is 9.47 Å². The number of ether oxygens (including phenoxy) is 2. The molecule has 1 aliphatic rings. The second-order valence-electron chi connectivity index (χ2n) is 7.38. The summed E-state index contributed by atoms with van der Waals surface area (Å²) in [7, 11) is 2.20. The monoisotopic (exact) mass is 446 g/mol. The van der Waals surface area contributed by atoms with Gasteiger partial charge in [0.15, 0.2) is 11.5 Å². The van der Waals surface area contributed by atoms with Gasteiger partial charge < -0.3 is 19.3 Å². The van der Waals surface area contributed by atoms with Gasteiger partial charge in [-0.2, -0.15) is 0 Å². The quantitative estimate of drug-likeness (QED) is 0.561. The molecule has 0 saturated carbocycles. The van der Waals surface area contributed by atoms with Crippen LogP contribution in [0.2, 0.25) is 0 Å². The smallest absolute Gasteiger partial charge is 0.161 e. The average Bonchev–Trinajstić information content (AvgIpc) is 2.69. The van der Waals surface area contributed by atoms with Crippen LogP contribution in [-0.4, -0.2) is 56.2 Å². The zero-order valence-electron chi connectivity index (χ0n) is 17.0. The number of rotatable bonds is 9. The van der Waals surface area contributed by atoms with E-state index in [-0.39, 0.29) is 0 Å². The minimum atomic E-state index is 0.530. The van der Waals surface area contributed by atoms with Crippen molar-refractivity contribution in [1.82, 2.24) is 9.80 Å². The number of benzene rings is 2. The van der Waals surface area contributed by atoms with E-state index in [1.165, 1.54) is 44.7 Å². The van der Waals surface area contributed by atoms with Crippen LogP contribution in [0, 0.1) is 0 Å². The molecule has 5 heteroatoms. The van der Waals surface area contributed by atoms with Crippen LogP contribution in [0.3, 0.4) is 0 Å². The number of hydrogen-bond donors (Lipinski definition) is 0. The Balaban J connectivity index is 1.54. The van der Waals surface area contributed by atoms with E-state index in [0.717, 1.165) is 28.0 Å². The normalized spacial score (nSPS) is 15.5. The summed E-state index contributed by atoms with van der Waals surface area (Å²) < 4.78 is 12.9. The van der Waals surface area contributed by atoms with E-state index in [1.54, 1.807) is 0 Å². The predicted octanol–water partition coefficient (Wildman–Crippen LogP) is 4.61.